The van der Waals surface area contributed by atoms with Crippen molar-refractivity contribution in [2.75, 3.05) is 16.8 Å². The molecule has 8 heteroatoms. The second-order valence-electron chi connectivity index (χ2n) is 7.14. The minimum atomic E-state index is -0.439. The molecule has 0 saturated carbocycles. The van der Waals surface area contributed by atoms with Gasteiger partial charge in [-0.3, -0.25) is 14.4 Å². The topological polar surface area (TPSA) is 84.3 Å². The van der Waals surface area contributed by atoms with E-state index in [4.69, 9.17) is 0 Å². The summed E-state index contributed by atoms with van der Waals surface area (Å²) in [5, 5.41) is 2.84. The smallest absolute Gasteiger partial charge is 0.229 e. The van der Waals surface area contributed by atoms with Gasteiger partial charge in [0.15, 0.2) is 5.82 Å². The molecule has 2 aromatic carbocycles. The number of nitrogens with zero attached hydrogens (tertiary/aromatic N) is 3. The molecule has 1 aliphatic rings. The zero-order valence-corrected chi connectivity index (χ0v) is 17.8. The van der Waals surface area contributed by atoms with Crippen LogP contribution in [0.1, 0.15) is 22.6 Å². The Morgan fingerprint density at radius 1 is 1.17 bits per heavy atom. The van der Waals surface area contributed by atoms with Gasteiger partial charge in [0.1, 0.15) is 0 Å². The highest BCUT2D eigenvalue weighted by Crippen LogP contribution is 2.28. The molecule has 1 saturated heterocycles. The highest BCUT2D eigenvalue weighted by molar-refractivity contribution is 9.10. The molecule has 2 heterocycles. The maximum atomic E-state index is 12.7. The second-order valence-corrected chi connectivity index (χ2v) is 8.06. The lowest BCUT2D eigenvalue weighted by Crippen LogP contribution is -2.28. The van der Waals surface area contributed by atoms with Crippen LogP contribution < -0.4 is 10.2 Å². The number of ketones is 1. The molecule has 1 aliphatic heterocycles. The molecule has 0 radical (unpaired) electrons. The van der Waals surface area contributed by atoms with E-state index in [1.807, 2.05) is 24.3 Å². The number of hydrogen-bond donors (Lipinski definition) is 1. The van der Waals surface area contributed by atoms with Crippen molar-refractivity contribution >= 4 is 44.9 Å². The molecule has 2 amide bonds. The Bertz CT molecular complexity index is 1120. The molecule has 1 fully saturated rings. The number of nitrogens with one attached hydrogen (secondary N) is 1. The van der Waals surface area contributed by atoms with Gasteiger partial charge in [-0.05, 0) is 42.5 Å². The first-order chi connectivity index (χ1) is 14.4. The van der Waals surface area contributed by atoms with Crippen LogP contribution in [0.2, 0.25) is 0 Å². The average molecular weight is 467 g/mol. The highest BCUT2D eigenvalue weighted by atomic mass is 79.9. The van der Waals surface area contributed by atoms with Crippen LogP contribution in [-0.2, 0) is 16.6 Å². The van der Waals surface area contributed by atoms with Crippen LogP contribution >= 0.6 is 15.9 Å². The standard InChI is InChI=1S/C22H19BrN4O3/c1-26-10-9-24-21(26)20(29)14-5-7-17(8-6-14)25-22(30)15-11-19(28)27(13-15)18-4-2-3-16(23)12-18/h2-10,12,15H,11,13H2,1H3,(H,25,30). The van der Waals surface area contributed by atoms with Gasteiger partial charge in [0.25, 0.3) is 0 Å². The molecule has 4 rings (SSSR count). The van der Waals surface area contributed by atoms with E-state index in [0.29, 0.717) is 23.6 Å². The Morgan fingerprint density at radius 2 is 1.93 bits per heavy atom. The Hall–Kier alpha value is -3.26. The number of carbonyl (C=O) groups excluding carboxylic acids is 3. The predicted molar refractivity (Wildman–Crippen MR) is 116 cm³/mol. The lowest BCUT2D eigenvalue weighted by atomic mass is 10.1. The van der Waals surface area contributed by atoms with Crippen molar-refractivity contribution in [3.8, 4) is 0 Å². The van der Waals surface area contributed by atoms with E-state index in [0.717, 1.165) is 10.2 Å². The summed E-state index contributed by atoms with van der Waals surface area (Å²) < 4.78 is 2.53. The van der Waals surface area contributed by atoms with Gasteiger partial charge in [0.2, 0.25) is 17.6 Å². The molecule has 0 spiro atoms. The fourth-order valence-corrected chi connectivity index (χ4v) is 3.83. The number of anilines is 2. The molecular weight excluding hydrogens is 448 g/mol. The molecule has 1 aromatic heterocycles. The quantitative estimate of drug-likeness (QED) is 0.583. The van der Waals surface area contributed by atoms with Gasteiger partial charge in [-0.2, -0.15) is 0 Å². The Labute approximate surface area is 181 Å². The fraction of sp³-hybridized carbons (Fsp3) is 0.182. The fourth-order valence-electron chi connectivity index (χ4n) is 3.44. The lowest BCUT2D eigenvalue weighted by Gasteiger charge is -2.17. The number of imidazole rings is 1. The average Bonchev–Trinajstić information content (AvgIpc) is 3.33. The van der Waals surface area contributed by atoms with Crippen molar-refractivity contribution in [3.05, 3.63) is 76.8 Å². The van der Waals surface area contributed by atoms with Crippen LogP contribution in [0.4, 0.5) is 11.4 Å². The lowest BCUT2D eigenvalue weighted by molar-refractivity contribution is -0.122. The van der Waals surface area contributed by atoms with E-state index in [-0.39, 0.29) is 24.0 Å². The molecule has 0 bridgehead atoms. The van der Waals surface area contributed by atoms with Gasteiger partial charge in [-0.25, -0.2) is 4.98 Å². The normalized spacial score (nSPS) is 16.0. The van der Waals surface area contributed by atoms with Gasteiger partial charge in [-0.1, -0.05) is 22.0 Å². The molecule has 7 nitrogen and oxygen atoms in total. The molecule has 30 heavy (non-hydrogen) atoms. The van der Waals surface area contributed by atoms with Gasteiger partial charge >= 0.3 is 0 Å². The number of amides is 2. The predicted octanol–water partition coefficient (Wildman–Crippen LogP) is 3.41. The summed E-state index contributed by atoms with van der Waals surface area (Å²) >= 11 is 3.40. The summed E-state index contributed by atoms with van der Waals surface area (Å²) in [7, 11) is 1.76. The van der Waals surface area contributed by atoms with Crippen LogP contribution in [0.15, 0.2) is 65.4 Å². The Kier molecular flexibility index (Phi) is 5.50. The number of aromatic nitrogens is 2. The number of halogens is 1. The van der Waals surface area contributed by atoms with Crippen LogP contribution in [0.25, 0.3) is 0 Å². The van der Waals surface area contributed by atoms with Crippen molar-refractivity contribution in [1.82, 2.24) is 9.55 Å². The number of carbonyl (C=O) groups is 3. The largest absolute Gasteiger partial charge is 0.331 e. The van der Waals surface area contributed by atoms with Crippen LogP contribution in [0.3, 0.4) is 0 Å². The minimum Gasteiger partial charge on any atom is -0.331 e. The van der Waals surface area contributed by atoms with Crippen molar-refractivity contribution in [3.63, 3.8) is 0 Å². The number of aryl methyl sites for hydroxylation is 1. The van der Waals surface area contributed by atoms with Crippen molar-refractivity contribution < 1.29 is 14.4 Å². The SMILES string of the molecule is Cn1ccnc1C(=O)c1ccc(NC(=O)C2CC(=O)N(c3cccc(Br)c3)C2)cc1. The van der Waals surface area contributed by atoms with Crippen molar-refractivity contribution in [1.29, 1.82) is 0 Å². The molecule has 1 atom stereocenters. The van der Waals surface area contributed by atoms with E-state index in [1.54, 1.807) is 53.2 Å². The first-order valence-electron chi connectivity index (χ1n) is 9.41. The molecule has 3 aromatic rings. The second kappa shape index (κ2) is 8.23. The van der Waals surface area contributed by atoms with Gasteiger partial charge < -0.3 is 14.8 Å². The van der Waals surface area contributed by atoms with Crippen LogP contribution in [0, 0.1) is 5.92 Å². The highest BCUT2D eigenvalue weighted by Gasteiger charge is 2.35. The van der Waals surface area contributed by atoms with Crippen molar-refractivity contribution in [2.24, 2.45) is 13.0 Å². The summed E-state index contributed by atoms with van der Waals surface area (Å²) in [5.74, 6) is -0.575. The molecule has 1 unspecified atom stereocenters. The number of benzene rings is 2. The summed E-state index contributed by atoms with van der Waals surface area (Å²) in [4.78, 5) is 43.3. The maximum Gasteiger partial charge on any atom is 0.229 e. The van der Waals surface area contributed by atoms with Crippen LogP contribution in [0.5, 0.6) is 0 Å². The Morgan fingerprint density at radius 3 is 2.60 bits per heavy atom. The summed E-state index contributed by atoms with van der Waals surface area (Å²) in [6, 6.07) is 14.1. The van der Waals surface area contributed by atoms with Crippen molar-refractivity contribution in [2.45, 2.75) is 6.42 Å². The number of rotatable bonds is 5. The zero-order valence-electron chi connectivity index (χ0n) is 16.2. The van der Waals surface area contributed by atoms with E-state index in [1.165, 1.54) is 0 Å². The first kappa shape index (κ1) is 20.0. The molecule has 152 valence electrons. The number of hydrogen-bond acceptors (Lipinski definition) is 4. The van der Waals surface area contributed by atoms with E-state index >= 15 is 0 Å². The third kappa shape index (κ3) is 4.04. The third-order valence-corrected chi connectivity index (χ3v) is 5.55. The van der Waals surface area contributed by atoms with Crippen LogP contribution in [-0.4, -0.2) is 33.7 Å². The minimum absolute atomic E-state index is 0.0794. The summed E-state index contributed by atoms with van der Waals surface area (Å²) in [5.41, 5.74) is 1.82. The monoisotopic (exact) mass is 466 g/mol. The molecule has 1 N–H and O–H groups in total. The van der Waals surface area contributed by atoms with E-state index in [9.17, 15) is 14.4 Å². The summed E-state index contributed by atoms with van der Waals surface area (Å²) in [6.07, 6.45) is 3.44. The Balaban J connectivity index is 1.41. The van der Waals surface area contributed by atoms with Gasteiger partial charge in [0.05, 0.1) is 5.92 Å². The first-order valence-corrected chi connectivity index (χ1v) is 10.2. The third-order valence-electron chi connectivity index (χ3n) is 5.05. The van der Waals surface area contributed by atoms with Gasteiger partial charge in [0, 0.05) is 53.8 Å². The van der Waals surface area contributed by atoms with E-state index in [2.05, 4.69) is 26.2 Å². The molecular formula is C22H19BrN4O3. The van der Waals surface area contributed by atoms with Gasteiger partial charge in [-0.15, -0.1) is 0 Å². The summed E-state index contributed by atoms with van der Waals surface area (Å²) in [6.45, 7) is 0.330. The molecule has 0 aliphatic carbocycles. The zero-order chi connectivity index (χ0) is 21.3. The van der Waals surface area contributed by atoms with E-state index < -0.39 is 5.92 Å². The maximum absolute atomic E-state index is 12.7.